The van der Waals surface area contributed by atoms with Gasteiger partial charge in [0.15, 0.2) is 0 Å². The molecule has 1 N–H and O–H groups in total. The van der Waals surface area contributed by atoms with Crippen LogP contribution in [0.4, 0.5) is 0 Å². The highest BCUT2D eigenvalue weighted by Crippen LogP contribution is 2.61. The van der Waals surface area contributed by atoms with Gasteiger partial charge in [0.05, 0.1) is 12.7 Å². The lowest BCUT2D eigenvalue weighted by atomic mass is 9.46. The van der Waals surface area contributed by atoms with Gasteiger partial charge in [-0.2, -0.15) is 0 Å². The van der Waals surface area contributed by atoms with E-state index in [-0.39, 0.29) is 22.9 Å². The summed E-state index contributed by atoms with van der Waals surface area (Å²) in [7, 11) is 0. The summed E-state index contributed by atoms with van der Waals surface area (Å²) >= 11 is 0. The molecule has 2 aromatic carbocycles. The fraction of sp³-hybridized carbons (Fsp3) is 0.559. The van der Waals surface area contributed by atoms with Gasteiger partial charge < -0.3 is 9.84 Å². The van der Waals surface area contributed by atoms with Crippen molar-refractivity contribution in [3.05, 3.63) is 66.3 Å². The van der Waals surface area contributed by atoms with Crippen molar-refractivity contribution >= 4 is 17.1 Å². The first-order chi connectivity index (χ1) is 17.8. The van der Waals surface area contributed by atoms with Gasteiger partial charge in [0.1, 0.15) is 12.0 Å². The van der Waals surface area contributed by atoms with Crippen LogP contribution in [0.2, 0.25) is 0 Å². The van der Waals surface area contributed by atoms with E-state index in [0.29, 0.717) is 18.4 Å². The Morgan fingerprint density at radius 1 is 1.08 bits per heavy atom. The van der Waals surface area contributed by atoms with Gasteiger partial charge in [-0.3, -0.25) is 4.79 Å². The van der Waals surface area contributed by atoms with E-state index in [4.69, 9.17) is 4.74 Å². The van der Waals surface area contributed by atoms with E-state index in [1.165, 1.54) is 29.2 Å². The molecule has 0 spiro atoms. The molecule has 0 bridgehead atoms. The summed E-state index contributed by atoms with van der Waals surface area (Å²) in [5, 5.41) is 13.6. The molecule has 2 fully saturated rings. The minimum absolute atomic E-state index is 0.195. The Morgan fingerprint density at radius 3 is 2.46 bits per heavy atom. The van der Waals surface area contributed by atoms with Crippen molar-refractivity contribution in [3.63, 3.8) is 0 Å². The van der Waals surface area contributed by atoms with E-state index in [1.54, 1.807) is 6.08 Å². The van der Waals surface area contributed by atoms with Crippen LogP contribution >= 0.6 is 0 Å². The van der Waals surface area contributed by atoms with Gasteiger partial charge in [-0.1, -0.05) is 94.7 Å². The molecule has 2 aliphatic carbocycles. The monoisotopic (exact) mass is 504 g/mol. The van der Waals surface area contributed by atoms with Gasteiger partial charge >= 0.3 is 0 Å². The van der Waals surface area contributed by atoms with Gasteiger partial charge in [0, 0.05) is 16.7 Å². The zero-order valence-corrected chi connectivity index (χ0v) is 23.9. The average Bonchev–Trinajstić information content (AvgIpc) is 2.89. The number of carbonyl (C=O) groups excluding carboxylic acids is 1. The minimum atomic E-state index is -0.287. The molecule has 6 unspecified atom stereocenters. The van der Waals surface area contributed by atoms with Gasteiger partial charge in [-0.25, -0.2) is 0 Å². The number of allylic oxidation sites excluding steroid dienone is 4. The fourth-order valence-electron chi connectivity index (χ4n) is 7.51. The zero-order chi connectivity index (χ0) is 27.1. The maximum Gasteiger partial charge on any atom is 0.142 e. The third kappa shape index (κ3) is 6.03. The highest BCUT2D eigenvalue weighted by molar-refractivity contribution is 5.88. The molecule has 0 saturated heterocycles. The van der Waals surface area contributed by atoms with Crippen LogP contribution in [0, 0.1) is 28.6 Å². The van der Waals surface area contributed by atoms with E-state index in [9.17, 15) is 9.90 Å². The van der Waals surface area contributed by atoms with Crippen molar-refractivity contribution in [3.8, 4) is 5.75 Å². The second-order valence-corrected chi connectivity index (χ2v) is 11.4. The number of aldehydes is 1. The minimum Gasteiger partial charge on any atom is -0.493 e. The van der Waals surface area contributed by atoms with Gasteiger partial charge in [0.2, 0.25) is 0 Å². The summed E-state index contributed by atoms with van der Waals surface area (Å²) in [6.07, 6.45) is 13.3. The number of hydrogen-bond donors (Lipinski definition) is 1. The lowest BCUT2D eigenvalue weighted by Gasteiger charge is -2.59. The number of hydrogen-bond acceptors (Lipinski definition) is 3. The van der Waals surface area contributed by atoms with Crippen molar-refractivity contribution in [1.29, 1.82) is 0 Å². The van der Waals surface area contributed by atoms with Crippen LogP contribution in [0.25, 0.3) is 10.8 Å². The zero-order valence-electron chi connectivity index (χ0n) is 23.9. The third-order valence-corrected chi connectivity index (χ3v) is 9.33. The normalized spacial score (nSPS) is 32.6. The summed E-state index contributed by atoms with van der Waals surface area (Å²) in [4.78, 5) is 11.2. The molecule has 6 atom stereocenters. The largest absolute Gasteiger partial charge is 0.493 e. The molecule has 0 radical (unpaired) electrons. The van der Waals surface area contributed by atoms with Crippen LogP contribution in [-0.2, 0) is 4.79 Å². The van der Waals surface area contributed by atoms with E-state index in [0.717, 1.165) is 37.7 Å². The molecule has 37 heavy (non-hydrogen) atoms. The lowest BCUT2D eigenvalue weighted by molar-refractivity contribution is -0.118. The SMILES string of the molecule is C/C=C\C1(C)/C(=C\C=O)CCC2C(CCC)C(C)(CC)CC(O)C21.CCOc1cccc2ccccc12. The maximum absolute atomic E-state index is 11.2. The highest BCUT2D eigenvalue weighted by Gasteiger charge is 2.56. The number of rotatable bonds is 7. The van der Waals surface area contributed by atoms with Gasteiger partial charge in [-0.15, -0.1) is 0 Å². The molecule has 0 aliphatic heterocycles. The van der Waals surface area contributed by atoms with Crippen LogP contribution in [0.3, 0.4) is 0 Å². The van der Waals surface area contributed by atoms with Crippen molar-refractivity contribution in [2.75, 3.05) is 6.61 Å². The Hall–Kier alpha value is -2.39. The standard InChI is InChI=1S/C22H36O2.C12H12O/c1-6-9-18-17-11-10-16(12-14-23)22(5,13-7-2)20(17)19(24)15-21(18,4)8-3;1-2-13-12-9-5-7-10-6-3-4-8-11(10)12/h7,12-14,17-20,24H,6,8-11,15H2,1-5H3;3-9H,2H2,1H3/b13-7-,16-12-;. The number of ether oxygens (including phenoxy) is 1. The lowest BCUT2D eigenvalue weighted by Crippen LogP contribution is -2.55. The first-order valence-corrected chi connectivity index (χ1v) is 14.4. The Balaban J connectivity index is 0.000000244. The molecule has 0 heterocycles. The summed E-state index contributed by atoms with van der Waals surface area (Å²) in [5.41, 5.74) is 1.24. The van der Waals surface area contributed by atoms with E-state index in [1.807, 2.05) is 38.1 Å². The van der Waals surface area contributed by atoms with E-state index >= 15 is 0 Å². The summed E-state index contributed by atoms with van der Waals surface area (Å²) in [5.74, 6) is 2.41. The predicted molar refractivity (Wildman–Crippen MR) is 156 cm³/mol. The topological polar surface area (TPSA) is 46.5 Å². The van der Waals surface area contributed by atoms with E-state index < -0.39 is 0 Å². The molecule has 0 amide bonds. The summed E-state index contributed by atoms with van der Waals surface area (Å²) in [6.45, 7) is 13.9. The van der Waals surface area contributed by atoms with Gasteiger partial charge in [0.25, 0.3) is 0 Å². The molecule has 3 nitrogen and oxygen atoms in total. The number of aliphatic hydroxyl groups is 1. The molecule has 202 valence electrons. The summed E-state index contributed by atoms with van der Waals surface area (Å²) in [6, 6.07) is 14.4. The Labute approximate surface area is 225 Å². The fourth-order valence-corrected chi connectivity index (χ4v) is 7.51. The Bertz CT molecular complexity index is 1080. The molecule has 3 heteroatoms. The number of aliphatic hydroxyl groups excluding tert-OH is 1. The molecule has 4 rings (SSSR count). The van der Waals surface area contributed by atoms with Crippen molar-refractivity contribution in [2.24, 2.45) is 28.6 Å². The second kappa shape index (κ2) is 12.9. The summed E-state index contributed by atoms with van der Waals surface area (Å²) < 4.78 is 5.52. The molecule has 0 aromatic heterocycles. The number of benzene rings is 2. The molecular weight excluding hydrogens is 456 g/mol. The van der Waals surface area contributed by atoms with E-state index in [2.05, 4.69) is 58.0 Å². The van der Waals surface area contributed by atoms with Crippen LogP contribution in [0.1, 0.15) is 80.1 Å². The van der Waals surface area contributed by atoms with Gasteiger partial charge in [-0.05, 0) is 74.3 Å². The van der Waals surface area contributed by atoms with Crippen LogP contribution in [0.15, 0.2) is 66.3 Å². The number of carbonyl (C=O) groups is 1. The molecule has 2 saturated carbocycles. The van der Waals surface area contributed by atoms with Crippen LogP contribution < -0.4 is 4.74 Å². The number of fused-ring (bicyclic) bond motifs is 2. The van der Waals surface area contributed by atoms with Crippen LogP contribution in [-0.4, -0.2) is 24.1 Å². The molecule has 2 aromatic rings. The quantitative estimate of drug-likeness (QED) is 0.233. The second-order valence-electron chi connectivity index (χ2n) is 11.4. The average molecular weight is 505 g/mol. The Morgan fingerprint density at radius 2 is 1.81 bits per heavy atom. The molecular formula is C34H48O3. The predicted octanol–water partition coefficient (Wildman–Crippen LogP) is 8.56. The smallest absolute Gasteiger partial charge is 0.142 e. The van der Waals surface area contributed by atoms with Crippen molar-refractivity contribution in [1.82, 2.24) is 0 Å². The van der Waals surface area contributed by atoms with Crippen molar-refractivity contribution in [2.45, 2.75) is 86.2 Å². The first-order valence-electron chi connectivity index (χ1n) is 14.4. The Kier molecular flexibility index (Phi) is 10.2. The third-order valence-electron chi connectivity index (χ3n) is 9.33. The van der Waals surface area contributed by atoms with Crippen LogP contribution in [0.5, 0.6) is 5.75 Å². The molecule has 2 aliphatic rings. The highest BCUT2D eigenvalue weighted by atomic mass is 16.5. The maximum atomic E-state index is 11.2. The van der Waals surface area contributed by atoms with Crippen molar-refractivity contribution < 1.29 is 14.6 Å². The first kappa shape index (κ1) is 29.2.